The number of nitrogens with one attached hydrogen (secondary N) is 2. The lowest BCUT2D eigenvalue weighted by Crippen LogP contribution is -2.32. The van der Waals surface area contributed by atoms with E-state index in [9.17, 15) is 4.79 Å². The number of benzene rings is 1. The summed E-state index contributed by atoms with van der Waals surface area (Å²) in [4.78, 5) is 13.8. The molecular weight excluding hydrogens is 248 g/mol. The van der Waals surface area contributed by atoms with E-state index in [0.29, 0.717) is 16.9 Å². The molecule has 0 bridgehead atoms. The summed E-state index contributed by atoms with van der Waals surface area (Å²) in [6, 6.07) is 6.23. The van der Waals surface area contributed by atoms with Crippen molar-refractivity contribution in [3.05, 3.63) is 28.7 Å². The smallest absolute Gasteiger partial charge is 0.408 e. The topological polar surface area (TPSA) is 58.0 Å². The standard InChI is InChI=1S/C13H16N2O2S/c1-8-10(3-2-6-18-8)14-9-4-5-12-11(7-9)15-13(16)17-12/h4-5,7-8,10,14H,2-3,6H2,1H3,(H,15,16). The van der Waals surface area contributed by atoms with Crippen LogP contribution in [0.5, 0.6) is 0 Å². The number of aromatic amines is 1. The van der Waals surface area contributed by atoms with Crippen molar-refractivity contribution in [2.24, 2.45) is 0 Å². The Kier molecular flexibility index (Phi) is 3.07. The van der Waals surface area contributed by atoms with Gasteiger partial charge in [0.2, 0.25) is 0 Å². The van der Waals surface area contributed by atoms with Crippen molar-refractivity contribution in [3.63, 3.8) is 0 Å². The Labute approximate surface area is 109 Å². The zero-order valence-corrected chi connectivity index (χ0v) is 11.0. The summed E-state index contributed by atoms with van der Waals surface area (Å²) < 4.78 is 4.99. The molecule has 96 valence electrons. The van der Waals surface area contributed by atoms with Crippen molar-refractivity contribution in [1.82, 2.24) is 4.98 Å². The molecule has 0 saturated carbocycles. The average Bonchev–Trinajstić information content (AvgIpc) is 2.71. The summed E-state index contributed by atoms with van der Waals surface area (Å²) in [7, 11) is 0. The van der Waals surface area contributed by atoms with Gasteiger partial charge in [-0.05, 0) is 36.8 Å². The lowest BCUT2D eigenvalue weighted by atomic mass is 10.1. The highest BCUT2D eigenvalue weighted by atomic mass is 32.2. The minimum atomic E-state index is -0.399. The van der Waals surface area contributed by atoms with E-state index >= 15 is 0 Å². The molecule has 0 radical (unpaired) electrons. The molecule has 3 rings (SSSR count). The van der Waals surface area contributed by atoms with Gasteiger partial charge < -0.3 is 9.73 Å². The molecule has 2 aromatic rings. The SMILES string of the molecule is CC1SCCCC1Nc1ccc2oc(=O)[nH]c2c1. The second-order valence-electron chi connectivity index (χ2n) is 4.69. The first-order chi connectivity index (χ1) is 8.72. The summed E-state index contributed by atoms with van der Waals surface area (Å²) in [6.45, 7) is 2.26. The molecule has 2 unspecified atom stereocenters. The molecule has 1 fully saturated rings. The molecule has 2 atom stereocenters. The van der Waals surface area contributed by atoms with Crippen LogP contribution in [-0.4, -0.2) is 22.0 Å². The first-order valence-corrected chi connectivity index (χ1v) is 7.28. The molecule has 1 aliphatic rings. The molecule has 2 heterocycles. The summed E-state index contributed by atoms with van der Waals surface area (Å²) in [5.74, 6) is 0.858. The van der Waals surface area contributed by atoms with Crippen LogP contribution in [0.15, 0.2) is 27.4 Å². The lowest BCUT2D eigenvalue weighted by Gasteiger charge is -2.29. The first kappa shape index (κ1) is 11.7. The quantitative estimate of drug-likeness (QED) is 0.875. The number of anilines is 1. The van der Waals surface area contributed by atoms with E-state index in [1.165, 1.54) is 18.6 Å². The van der Waals surface area contributed by atoms with E-state index in [1.54, 1.807) is 0 Å². The van der Waals surface area contributed by atoms with Gasteiger partial charge in [-0.25, -0.2) is 4.79 Å². The highest BCUT2D eigenvalue weighted by Gasteiger charge is 2.21. The van der Waals surface area contributed by atoms with Gasteiger partial charge in [0.25, 0.3) is 0 Å². The maximum atomic E-state index is 11.1. The fourth-order valence-electron chi connectivity index (χ4n) is 2.37. The van der Waals surface area contributed by atoms with Crippen LogP contribution in [0.1, 0.15) is 19.8 Å². The molecule has 1 aromatic carbocycles. The number of oxazole rings is 1. The van der Waals surface area contributed by atoms with E-state index in [4.69, 9.17) is 4.42 Å². The van der Waals surface area contributed by atoms with Crippen LogP contribution in [-0.2, 0) is 0 Å². The van der Waals surface area contributed by atoms with Crippen molar-refractivity contribution in [3.8, 4) is 0 Å². The van der Waals surface area contributed by atoms with Gasteiger partial charge >= 0.3 is 5.76 Å². The van der Waals surface area contributed by atoms with Gasteiger partial charge in [0.05, 0.1) is 5.52 Å². The van der Waals surface area contributed by atoms with Crippen LogP contribution >= 0.6 is 11.8 Å². The molecule has 1 aliphatic heterocycles. The Morgan fingerprint density at radius 2 is 2.39 bits per heavy atom. The van der Waals surface area contributed by atoms with Crippen molar-refractivity contribution >= 4 is 28.5 Å². The van der Waals surface area contributed by atoms with Gasteiger partial charge in [-0.15, -0.1) is 0 Å². The maximum absolute atomic E-state index is 11.1. The van der Waals surface area contributed by atoms with Gasteiger partial charge in [-0.1, -0.05) is 6.92 Å². The first-order valence-electron chi connectivity index (χ1n) is 6.23. The largest absolute Gasteiger partial charge is 0.417 e. The second-order valence-corrected chi connectivity index (χ2v) is 6.18. The zero-order valence-electron chi connectivity index (χ0n) is 10.2. The van der Waals surface area contributed by atoms with Gasteiger partial charge in [0, 0.05) is 17.0 Å². The fraction of sp³-hybridized carbons (Fsp3) is 0.462. The van der Waals surface area contributed by atoms with E-state index in [0.717, 1.165) is 11.2 Å². The normalized spacial score (nSPS) is 24.3. The van der Waals surface area contributed by atoms with Crippen LogP contribution in [0.4, 0.5) is 5.69 Å². The number of thioether (sulfide) groups is 1. The summed E-state index contributed by atoms with van der Waals surface area (Å²) >= 11 is 2.01. The number of rotatable bonds is 2. The predicted molar refractivity (Wildman–Crippen MR) is 75.4 cm³/mol. The number of hydrogen-bond acceptors (Lipinski definition) is 4. The highest BCUT2D eigenvalue weighted by Crippen LogP contribution is 2.28. The van der Waals surface area contributed by atoms with E-state index in [2.05, 4.69) is 17.2 Å². The predicted octanol–water partition coefficient (Wildman–Crippen LogP) is 2.82. The highest BCUT2D eigenvalue weighted by molar-refractivity contribution is 8.00. The third-order valence-electron chi connectivity index (χ3n) is 3.38. The Bertz CT molecular complexity index is 604. The number of aromatic nitrogens is 1. The Balaban J connectivity index is 1.83. The molecule has 0 aliphatic carbocycles. The Morgan fingerprint density at radius 3 is 3.22 bits per heavy atom. The minimum Gasteiger partial charge on any atom is -0.408 e. The van der Waals surface area contributed by atoms with Crippen LogP contribution in [0.25, 0.3) is 11.1 Å². The zero-order chi connectivity index (χ0) is 12.5. The van der Waals surface area contributed by atoms with Gasteiger partial charge in [-0.2, -0.15) is 11.8 Å². The third-order valence-corrected chi connectivity index (χ3v) is 4.76. The molecule has 1 saturated heterocycles. The summed E-state index contributed by atoms with van der Waals surface area (Å²) in [5.41, 5.74) is 2.40. The molecule has 18 heavy (non-hydrogen) atoms. The van der Waals surface area contributed by atoms with E-state index in [1.807, 2.05) is 30.0 Å². The number of H-pyrrole nitrogens is 1. The van der Waals surface area contributed by atoms with Crippen molar-refractivity contribution in [2.45, 2.75) is 31.1 Å². The maximum Gasteiger partial charge on any atom is 0.417 e. The van der Waals surface area contributed by atoms with Gasteiger partial charge in [0.1, 0.15) is 0 Å². The third kappa shape index (κ3) is 2.27. The lowest BCUT2D eigenvalue weighted by molar-refractivity contribution is 0.555. The summed E-state index contributed by atoms with van der Waals surface area (Å²) in [6.07, 6.45) is 2.46. The summed E-state index contributed by atoms with van der Waals surface area (Å²) in [5, 5.41) is 4.17. The van der Waals surface area contributed by atoms with Crippen LogP contribution in [0, 0.1) is 0 Å². The molecule has 2 N–H and O–H groups in total. The van der Waals surface area contributed by atoms with Crippen molar-refractivity contribution in [1.29, 1.82) is 0 Å². The van der Waals surface area contributed by atoms with E-state index in [-0.39, 0.29) is 0 Å². The molecule has 0 spiro atoms. The van der Waals surface area contributed by atoms with Crippen molar-refractivity contribution in [2.75, 3.05) is 11.1 Å². The molecule has 4 nitrogen and oxygen atoms in total. The van der Waals surface area contributed by atoms with Crippen LogP contribution in [0.2, 0.25) is 0 Å². The number of hydrogen-bond donors (Lipinski definition) is 2. The van der Waals surface area contributed by atoms with Gasteiger partial charge in [-0.3, -0.25) is 4.98 Å². The average molecular weight is 264 g/mol. The van der Waals surface area contributed by atoms with Crippen LogP contribution < -0.4 is 11.1 Å². The molecule has 1 aromatic heterocycles. The number of fused-ring (bicyclic) bond motifs is 1. The fourth-order valence-corrected chi connectivity index (χ4v) is 3.51. The molecule has 5 heteroatoms. The Morgan fingerprint density at radius 1 is 1.50 bits per heavy atom. The minimum absolute atomic E-state index is 0.399. The molecular formula is C13H16N2O2S. The Hall–Kier alpha value is -1.36. The van der Waals surface area contributed by atoms with Crippen LogP contribution in [0.3, 0.4) is 0 Å². The van der Waals surface area contributed by atoms with Crippen molar-refractivity contribution < 1.29 is 4.42 Å². The second kappa shape index (κ2) is 4.72. The van der Waals surface area contributed by atoms with Gasteiger partial charge in [0.15, 0.2) is 5.58 Å². The monoisotopic (exact) mass is 264 g/mol. The van der Waals surface area contributed by atoms with E-state index < -0.39 is 5.76 Å². The molecule has 0 amide bonds.